The van der Waals surface area contributed by atoms with Crippen LogP contribution in [0.5, 0.6) is 5.75 Å². The molecule has 0 bridgehead atoms. The fourth-order valence-corrected chi connectivity index (χ4v) is 4.79. The average molecular weight is 414 g/mol. The molecule has 0 unspecified atom stereocenters. The lowest BCUT2D eigenvalue weighted by atomic mass is 10.2. The van der Waals surface area contributed by atoms with Crippen molar-refractivity contribution in [2.24, 2.45) is 0 Å². The molecule has 1 aromatic heterocycles. The molecule has 1 aliphatic rings. The Hall–Kier alpha value is -2.84. The number of hydrogen-bond acceptors (Lipinski definition) is 6. The van der Waals surface area contributed by atoms with E-state index in [0.29, 0.717) is 17.5 Å². The van der Waals surface area contributed by atoms with Crippen molar-refractivity contribution in [3.05, 3.63) is 65.0 Å². The first-order valence-corrected chi connectivity index (χ1v) is 10.8. The average Bonchev–Trinajstić information content (AvgIpc) is 2.72. The van der Waals surface area contributed by atoms with Crippen LogP contribution in [0, 0.1) is 0 Å². The van der Waals surface area contributed by atoms with Crippen molar-refractivity contribution in [1.82, 2.24) is 4.31 Å². The minimum atomic E-state index is -3.73. The summed E-state index contributed by atoms with van der Waals surface area (Å²) in [5.41, 5.74) is 0.901. The molecule has 0 amide bonds. The van der Waals surface area contributed by atoms with E-state index in [9.17, 15) is 13.2 Å². The van der Waals surface area contributed by atoms with Crippen LogP contribution in [0.3, 0.4) is 0 Å². The van der Waals surface area contributed by atoms with Gasteiger partial charge in [-0.1, -0.05) is 12.1 Å². The van der Waals surface area contributed by atoms with Gasteiger partial charge in [0, 0.05) is 25.0 Å². The van der Waals surface area contributed by atoms with Gasteiger partial charge in [-0.25, -0.2) is 13.2 Å². The predicted octanol–water partition coefficient (Wildman–Crippen LogP) is 2.70. The fraction of sp³-hybridized carbons (Fsp3) is 0.286. The van der Waals surface area contributed by atoms with E-state index in [1.807, 2.05) is 24.3 Å². The summed E-state index contributed by atoms with van der Waals surface area (Å²) < 4.78 is 38.6. The Balaban J connectivity index is 1.57. The molecule has 1 atom stereocenters. The minimum absolute atomic E-state index is 0.143. The van der Waals surface area contributed by atoms with E-state index in [2.05, 4.69) is 11.8 Å². The molecule has 7 nitrogen and oxygen atoms in total. The highest BCUT2D eigenvalue weighted by Crippen LogP contribution is 2.33. The van der Waals surface area contributed by atoms with Crippen LogP contribution in [0.1, 0.15) is 6.92 Å². The summed E-state index contributed by atoms with van der Waals surface area (Å²) in [4.78, 5) is 13.6. The summed E-state index contributed by atoms with van der Waals surface area (Å²) >= 11 is 0. The predicted molar refractivity (Wildman–Crippen MR) is 111 cm³/mol. The van der Waals surface area contributed by atoms with Crippen LogP contribution in [0.25, 0.3) is 11.0 Å². The fourth-order valence-electron chi connectivity index (χ4n) is 3.55. The number of para-hydroxylation sites is 2. The standard InChI is InChI=1S/C21H22N2O5S/c1-3-23-14-16(27-20-7-5-4-6-18(20)23)13-22(2)29(25,26)17-9-10-19-15(12-17)8-11-21(24)28-19/h4-12,16H,3,13-14H2,1-2H3/t16-/m1/s1. The maximum absolute atomic E-state index is 13.1. The van der Waals surface area contributed by atoms with E-state index in [1.165, 1.54) is 28.6 Å². The molecule has 2 heterocycles. The molecule has 2 aromatic carbocycles. The van der Waals surface area contributed by atoms with Crippen LogP contribution in [-0.2, 0) is 10.0 Å². The highest BCUT2D eigenvalue weighted by Gasteiger charge is 2.30. The first kappa shape index (κ1) is 19.5. The van der Waals surface area contributed by atoms with Gasteiger partial charge in [0.25, 0.3) is 0 Å². The maximum atomic E-state index is 13.1. The molecule has 4 rings (SSSR count). The Morgan fingerprint density at radius 2 is 1.93 bits per heavy atom. The van der Waals surface area contributed by atoms with Crippen molar-refractivity contribution < 1.29 is 17.6 Å². The van der Waals surface area contributed by atoms with Gasteiger partial charge >= 0.3 is 5.63 Å². The number of likely N-dealkylation sites (N-methyl/N-ethyl adjacent to an activating group) is 2. The Morgan fingerprint density at radius 1 is 1.14 bits per heavy atom. The third-order valence-corrected chi connectivity index (χ3v) is 6.88. The molecule has 0 fully saturated rings. The van der Waals surface area contributed by atoms with E-state index in [-0.39, 0.29) is 17.5 Å². The van der Waals surface area contributed by atoms with Crippen LogP contribution in [-0.4, -0.2) is 45.5 Å². The molecule has 152 valence electrons. The second-order valence-electron chi connectivity index (χ2n) is 6.99. The normalized spacial score (nSPS) is 16.7. The number of anilines is 1. The van der Waals surface area contributed by atoms with Gasteiger partial charge in [0.05, 0.1) is 23.7 Å². The lowest BCUT2D eigenvalue weighted by Gasteiger charge is -2.37. The second kappa shape index (κ2) is 7.53. The van der Waals surface area contributed by atoms with Crippen LogP contribution in [0.15, 0.2) is 68.7 Å². The molecule has 3 aromatic rings. The zero-order valence-corrected chi connectivity index (χ0v) is 17.1. The molecule has 0 aliphatic carbocycles. The van der Waals surface area contributed by atoms with Gasteiger partial charge in [-0.3, -0.25) is 0 Å². The number of rotatable bonds is 5. The van der Waals surface area contributed by atoms with Gasteiger partial charge in [0.2, 0.25) is 10.0 Å². The van der Waals surface area contributed by atoms with Gasteiger partial charge in [-0.15, -0.1) is 0 Å². The number of nitrogens with zero attached hydrogens (tertiary/aromatic N) is 2. The Kier molecular flexibility index (Phi) is 5.06. The number of sulfonamides is 1. The summed E-state index contributed by atoms with van der Waals surface area (Å²) in [5, 5.41) is 0.555. The Bertz CT molecular complexity index is 1200. The highest BCUT2D eigenvalue weighted by atomic mass is 32.2. The van der Waals surface area contributed by atoms with Gasteiger partial charge < -0.3 is 14.1 Å². The largest absolute Gasteiger partial charge is 0.485 e. The van der Waals surface area contributed by atoms with Crippen molar-refractivity contribution in [3.8, 4) is 5.75 Å². The first-order chi connectivity index (χ1) is 13.9. The van der Waals surface area contributed by atoms with Gasteiger partial charge in [-0.2, -0.15) is 4.31 Å². The summed E-state index contributed by atoms with van der Waals surface area (Å²) in [6.45, 7) is 3.70. The lowest BCUT2D eigenvalue weighted by Crippen LogP contribution is -2.46. The van der Waals surface area contributed by atoms with E-state index < -0.39 is 15.6 Å². The highest BCUT2D eigenvalue weighted by molar-refractivity contribution is 7.89. The third kappa shape index (κ3) is 3.73. The summed E-state index contributed by atoms with van der Waals surface area (Å²) in [6, 6.07) is 15.1. The topological polar surface area (TPSA) is 80.1 Å². The number of fused-ring (bicyclic) bond motifs is 2. The minimum Gasteiger partial charge on any atom is -0.485 e. The molecule has 0 N–H and O–H groups in total. The van der Waals surface area contributed by atoms with E-state index in [4.69, 9.17) is 9.15 Å². The van der Waals surface area contributed by atoms with Crippen molar-refractivity contribution in [3.63, 3.8) is 0 Å². The van der Waals surface area contributed by atoms with Crippen LogP contribution in [0.4, 0.5) is 5.69 Å². The number of benzene rings is 2. The van der Waals surface area contributed by atoms with Crippen LogP contribution < -0.4 is 15.3 Å². The van der Waals surface area contributed by atoms with Crippen LogP contribution in [0.2, 0.25) is 0 Å². The van der Waals surface area contributed by atoms with E-state index in [0.717, 1.165) is 18.0 Å². The zero-order chi connectivity index (χ0) is 20.6. The Labute approximate surface area is 169 Å². The summed E-state index contributed by atoms with van der Waals surface area (Å²) in [7, 11) is -2.18. The molecule has 0 saturated heterocycles. The molecule has 29 heavy (non-hydrogen) atoms. The first-order valence-electron chi connectivity index (χ1n) is 9.39. The molecule has 0 saturated carbocycles. The van der Waals surface area contributed by atoms with Crippen molar-refractivity contribution in [1.29, 1.82) is 0 Å². The summed E-state index contributed by atoms with van der Waals surface area (Å²) in [6.07, 6.45) is -0.289. The zero-order valence-electron chi connectivity index (χ0n) is 16.2. The van der Waals surface area contributed by atoms with E-state index >= 15 is 0 Å². The van der Waals surface area contributed by atoms with Gasteiger partial charge in [0.15, 0.2) is 0 Å². The van der Waals surface area contributed by atoms with Crippen molar-refractivity contribution in [2.75, 3.05) is 31.6 Å². The Morgan fingerprint density at radius 3 is 2.72 bits per heavy atom. The molecule has 1 aliphatic heterocycles. The monoisotopic (exact) mass is 414 g/mol. The quantitative estimate of drug-likeness (QED) is 0.597. The molecule has 0 spiro atoms. The maximum Gasteiger partial charge on any atom is 0.336 e. The number of ether oxygens (including phenoxy) is 1. The van der Waals surface area contributed by atoms with Gasteiger partial charge in [-0.05, 0) is 43.3 Å². The van der Waals surface area contributed by atoms with Crippen molar-refractivity contribution >= 4 is 26.7 Å². The lowest BCUT2D eigenvalue weighted by molar-refractivity contribution is 0.171. The second-order valence-corrected chi connectivity index (χ2v) is 9.03. The smallest absolute Gasteiger partial charge is 0.336 e. The molecular formula is C21H22N2O5S. The summed E-state index contributed by atoms with van der Waals surface area (Å²) in [5.74, 6) is 0.761. The molecule has 8 heteroatoms. The van der Waals surface area contributed by atoms with Crippen LogP contribution >= 0.6 is 0 Å². The van der Waals surface area contributed by atoms with Crippen molar-refractivity contribution in [2.45, 2.75) is 17.9 Å². The third-order valence-electron chi connectivity index (χ3n) is 5.07. The molecule has 0 radical (unpaired) electrons. The number of hydrogen-bond donors (Lipinski definition) is 0. The SMILES string of the molecule is CCN1C[C@@H](CN(C)S(=O)(=O)c2ccc3oc(=O)ccc3c2)Oc2ccccc21. The van der Waals surface area contributed by atoms with Gasteiger partial charge in [0.1, 0.15) is 17.4 Å². The van der Waals surface area contributed by atoms with E-state index in [1.54, 1.807) is 13.1 Å². The molecular weight excluding hydrogens is 392 g/mol.